The maximum absolute atomic E-state index is 14.1. The van der Waals surface area contributed by atoms with E-state index in [0.717, 1.165) is 41.2 Å². The number of hydrogen-bond acceptors (Lipinski definition) is 5. The molecule has 3 amide bonds. The molecule has 0 saturated heterocycles. The highest BCUT2D eigenvalue weighted by Crippen LogP contribution is 2.18. The summed E-state index contributed by atoms with van der Waals surface area (Å²) in [5, 5.41) is 8.05. The summed E-state index contributed by atoms with van der Waals surface area (Å²) in [6.45, 7) is 4.88. The summed E-state index contributed by atoms with van der Waals surface area (Å²) in [7, 11) is 1.64. The van der Waals surface area contributed by atoms with Crippen molar-refractivity contribution in [3.63, 3.8) is 0 Å². The quantitative estimate of drug-likeness (QED) is 0.150. The van der Waals surface area contributed by atoms with Crippen molar-refractivity contribution in [1.29, 1.82) is 0 Å². The Hall–Kier alpha value is -4.01. The highest BCUT2D eigenvalue weighted by atomic mass is 16.2. The van der Waals surface area contributed by atoms with E-state index in [1.54, 1.807) is 13.1 Å². The van der Waals surface area contributed by atoms with E-state index in [2.05, 4.69) is 10.6 Å². The third-order valence-electron chi connectivity index (χ3n) is 7.35. The second-order valence-electron chi connectivity index (χ2n) is 11.8. The van der Waals surface area contributed by atoms with E-state index in [-0.39, 0.29) is 24.1 Å². The van der Waals surface area contributed by atoms with Gasteiger partial charge in [0.1, 0.15) is 12.1 Å². The molecule has 0 aliphatic rings. The summed E-state index contributed by atoms with van der Waals surface area (Å²) in [6.07, 6.45) is 6.89. The van der Waals surface area contributed by atoms with Crippen LogP contribution in [0.25, 0.3) is 10.8 Å². The van der Waals surface area contributed by atoms with Crippen molar-refractivity contribution in [3.8, 4) is 0 Å². The zero-order valence-electron chi connectivity index (χ0n) is 25.7. The van der Waals surface area contributed by atoms with Gasteiger partial charge >= 0.3 is 0 Å². The van der Waals surface area contributed by atoms with Gasteiger partial charge in [0.25, 0.3) is 0 Å². The first kappa shape index (κ1) is 33.5. The van der Waals surface area contributed by atoms with Gasteiger partial charge in [0.2, 0.25) is 17.7 Å². The number of carbonyl (C=O) groups is 3. The number of nitrogens with zero attached hydrogens (tertiary/aromatic N) is 1. The van der Waals surface area contributed by atoms with Gasteiger partial charge in [-0.25, -0.2) is 0 Å². The van der Waals surface area contributed by atoms with E-state index in [1.807, 2.05) is 86.6 Å². The Morgan fingerprint density at radius 1 is 0.884 bits per heavy atom. The fraction of sp³-hybridized carbons (Fsp3) is 0.400. The van der Waals surface area contributed by atoms with E-state index >= 15 is 0 Å². The third-order valence-corrected chi connectivity index (χ3v) is 7.35. The number of carbonyl (C=O) groups excluding carboxylic acids is 3. The van der Waals surface area contributed by atoms with Gasteiger partial charge in [0.15, 0.2) is 0 Å². The Kier molecular flexibility index (Phi) is 12.9. The Bertz CT molecular complexity index is 1370. The molecule has 0 aliphatic carbocycles. The minimum atomic E-state index is -0.884. The van der Waals surface area contributed by atoms with E-state index in [4.69, 9.17) is 11.5 Å². The van der Waals surface area contributed by atoms with Crippen LogP contribution >= 0.6 is 0 Å². The molecule has 0 aliphatic heterocycles. The van der Waals surface area contributed by atoms with Gasteiger partial charge in [-0.1, -0.05) is 85.3 Å². The van der Waals surface area contributed by atoms with Crippen LogP contribution in [0, 0.1) is 0 Å². The zero-order valence-corrected chi connectivity index (χ0v) is 25.7. The molecule has 0 unspecified atom stereocenters. The van der Waals surface area contributed by atoms with Crippen LogP contribution in [0.4, 0.5) is 0 Å². The first-order valence-corrected chi connectivity index (χ1v) is 15.1. The standard InChI is InChI=1S/C35H47N5O3/c1-35(2,37)20-12-17-32(41)39-30(24-27-18-19-28-15-8-9-16-29(28)23-27)34(43)40(3)31(25-26-13-6-4-7-14-26)33(42)38-22-11-5-10-21-36/h4,6-9,12-19,23,30-31H,5,10-11,20-22,24-25,36-37H2,1-3H3,(H,38,42)(H,39,41)/t30-,31-/m1/s1. The van der Waals surface area contributed by atoms with E-state index < -0.39 is 17.6 Å². The molecule has 0 bridgehead atoms. The first-order valence-electron chi connectivity index (χ1n) is 15.1. The minimum Gasteiger partial charge on any atom is -0.354 e. The molecule has 2 atom stereocenters. The minimum absolute atomic E-state index is 0.228. The molecular formula is C35H47N5O3. The Morgan fingerprint density at radius 3 is 2.28 bits per heavy atom. The van der Waals surface area contributed by atoms with Crippen LogP contribution in [0.2, 0.25) is 0 Å². The Labute approximate surface area is 255 Å². The molecule has 3 aromatic carbocycles. The van der Waals surface area contributed by atoms with Crippen LogP contribution in [0.3, 0.4) is 0 Å². The van der Waals surface area contributed by atoms with Crippen molar-refractivity contribution < 1.29 is 14.4 Å². The van der Waals surface area contributed by atoms with Gasteiger partial charge in [-0.2, -0.15) is 0 Å². The number of rotatable bonds is 16. The van der Waals surface area contributed by atoms with Gasteiger partial charge in [-0.3, -0.25) is 14.4 Å². The lowest BCUT2D eigenvalue weighted by Gasteiger charge is -2.31. The van der Waals surface area contributed by atoms with Crippen LogP contribution < -0.4 is 22.1 Å². The molecule has 0 spiro atoms. The molecule has 8 nitrogen and oxygen atoms in total. The maximum Gasteiger partial charge on any atom is 0.245 e. The number of fused-ring (bicyclic) bond motifs is 1. The molecule has 230 valence electrons. The lowest BCUT2D eigenvalue weighted by Crippen LogP contribution is -2.55. The number of unbranched alkanes of at least 4 members (excludes halogenated alkanes) is 2. The number of nitrogens with two attached hydrogens (primary N) is 2. The molecule has 43 heavy (non-hydrogen) atoms. The summed E-state index contributed by atoms with van der Waals surface area (Å²) in [5.41, 5.74) is 13.0. The fourth-order valence-electron chi connectivity index (χ4n) is 4.91. The summed E-state index contributed by atoms with van der Waals surface area (Å²) in [5.74, 6) is -0.956. The number of hydrogen-bond donors (Lipinski definition) is 4. The molecule has 6 N–H and O–H groups in total. The monoisotopic (exact) mass is 585 g/mol. The van der Waals surface area contributed by atoms with Gasteiger partial charge in [-0.05, 0) is 67.6 Å². The molecule has 8 heteroatoms. The Balaban J connectivity index is 1.85. The number of likely N-dealkylation sites (N-methyl/N-ethyl adjacent to an activating group) is 1. The molecule has 0 radical (unpaired) electrons. The predicted molar refractivity (Wildman–Crippen MR) is 174 cm³/mol. The average molecular weight is 586 g/mol. The summed E-state index contributed by atoms with van der Waals surface area (Å²) in [4.78, 5) is 42.0. The second-order valence-corrected chi connectivity index (χ2v) is 11.8. The SMILES string of the molecule is CN(C(=O)[C@@H](Cc1ccc2ccccc2c1)NC(=O)C=CCC(C)(C)N)[C@H](Cc1ccccc1)C(=O)NCCCCCN. The van der Waals surface area contributed by atoms with Crippen LogP contribution in [0.5, 0.6) is 0 Å². The molecule has 0 heterocycles. The van der Waals surface area contributed by atoms with Crippen LogP contribution in [-0.4, -0.2) is 60.4 Å². The maximum atomic E-state index is 14.1. The average Bonchev–Trinajstić information content (AvgIpc) is 2.98. The number of benzene rings is 3. The first-order chi connectivity index (χ1) is 20.6. The van der Waals surface area contributed by atoms with Crippen molar-refractivity contribution >= 4 is 28.5 Å². The smallest absolute Gasteiger partial charge is 0.245 e. The lowest BCUT2D eigenvalue weighted by molar-refractivity contribution is -0.141. The molecule has 3 aromatic rings. The highest BCUT2D eigenvalue weighted by Gasteiger charge is 2.32. The normalized spacial score (nSPS) is 13.0. The lowest BCUT2D eigenvalue weighted by atomic mass is 9.99. The second kappa shape index (κ2) is 16.6. The fourth-order valence-corrected chi connectivity index (χ4v) is 4.91. The van der Waals surface area contributed by atoms with Gasteiger partial charge < -0.3 is 27.0 Å². The van der Waals surface area contributed by atoms with Crippen molar-refractivity contribution in [1.82, 2.24) is 15.5 Å². The van der Waals surface area contributed by atoms with Crippen molar-refractivity contribution in [2.24, 2.45) is 11.5 Å². The molecule has 0 aromatic heterocycles. The highest BCUT2D eigenvalue weighted by molar-refractivity contribution is 5.95. The summed E-state index contributed by atoms with van der Waals surface area (Å²) < 4.78 is 0. The topological polar surface area (TPSA) is 131 Å². The van der Waals surface area contributed by atoms with Crippen molar-refractivity contribution in [3.05, 3.63) is 96.1 Å². The predicted octanol–water partition coefficient (Wildman–Crippen LogP) is 3.87. The molecular weight excluding hydrogens is 538 g/mol. The van der Waals surface area contributed by atoms with Gasteiger partial charge in [-0.15, -0.1) is 0 Å². The van der Waals surface area contributed by atoms with Crippen molar-refractivity contribution in [2.45, 2.75) is 70.0 Å². The van der Waals surface area contributed by atoms with E-state index in [0.29, 0.717) is 25.9 Å². The van der Waals surface area contributed by atoms with Gasteiger partial charge in [0, 0.05) is 32.0 Å². The molecule has 0 saturated carbocycles. The van der Waals surface area contributed by atoms with Crippen LogP contribution in [-0.2, 0) is 27.2 Å². The summed E-state index contributed by atoms with van der Waals surface area (Å²) in [6, 6.07) is 22.0. The zero-order chi connectivity index (χ0) is 31.2. The Morgan fingerprint density at radius 2 is 1.58 bits per heavy atom. The third kappa shape index (κ3) is 11.3. The largest absolute Gasteiger partial charge is 0.354 e. The molecule has 0 fully saturated rings. The van der Waals surface area contributed by atoms with Gasteiger partial charge in [0.05, 0.1) is 0 Å². The summed E-state index contributed by atoms with van der Waals surface area (Å²) >= 11 is 0. The van der Waals surface area contributed by atoms with Crippen molar-refractivity contribution in [2.75, 3.05) is 20.1 Å². The molecule has 3 rings (SSSR count). The number of amides is 3. The number of nitrogens with one attached hydrogen (secondary N) is 2. The van der Waals surface area contributed by atoms with Crippen LogP contribution in [0.15, 0.2) is 84.9 Å². The van der Waals surface area contributed by atoms with E-state index in [1.165, 1.54) is 11.0 Å². The van der Waals surface area contributed by atoms with E-state index in [9.17, 15) is 14.4 Å². The van der Waals surface area contributed by atoms with Crippen LogP contribution in [0.1, 0.15) is 50.7 Å².